The lowest BCUT2D eigenvalue weighted by Gasteiger charge is -2.20. The van der Waals surface area contributed by atoms with Gasteiger partial charge >= 0.3 is 0 Å². The van der Waals surface area contributed by atoms with Gasteiger partial charge in [-0.2, -0.15) is 0 Å². The standard InChI is InChI=1S/C20H25N3O2/c1-3-21-20(25)15(2)23-18(24)14-22-19(16-10-6-4-7-11-16)17-12-8-5-9-13-17/h4-13,15,19,22H,3,14H2,1-2H3,(H,21,25)(H,23,24)/t15-/m0/s1. The summed E-state index contributed by atoms with van der Waals surface area (Å²) in [6.45, 7) is 4.19. The first-order chi connectivity index (χ1) is 12.1. The molecule has 5 heteroatoms. The van der Waals surface area contributed by atoms with Gasteiger partial charge in [0, 0.05) is 6.54 Å². The molecule has 132 valence electrons. The van der Waals surface area contributed by atoms with Gasteiger partial charge in [0.2, 0.25) is 11.8 Å². The third-order valence-corrected chi connectivity index (χ3v) is 3.85. The zero-order valence-electron chi connectivity index (χ0n) is 14.7. The third-order valence-electron chi connectivity index (χ3n) is 3.85. The van der Waals surface area contributed by atoms with Crippen LogP contribution in [0.4, 0.5) is 0 Å². The maximum atomic E-state index is 12.2. The van der Waals surface area contributed by atoms with E-state index in [0.29, 0.717) is 6.54 Å². The number of benzene rings is 2. The molecule has 0 aliphatic heterocycles. The van der Waals surface area contributed by atoms with E-state index in [0.717, 1.165) is 11.1 Å². The van der Waals surface area contributed by atoms with E-state index >= 15 is 0 Å². The number of nitrogens with one attached hydrogen (secondary N) is 3. The van der Waals surface area contributed by atoms with Gasteiger partial charge in [-0.1, -0.05) is 60.7 Å². The predicted molar refractivity (Wildman–Crippen MR) is 99.0 cm³/mol. The highest BCUT2D eigenvalue weighted by molar-refractivity contribution is 5.87. The molecule has 5 nitrogen and oxygen atoms in total. The molecule has 2 rings (SSSR count). The first kappa shape index (κ1) is 18.7. The van der Waals surface area contributed by atoms with Gasteiger partial charge in [-0.3, -0.25) is 14.9 Å². The molecule has 0 saturated heterocycles. The zero-order chi connectivity index (χ0) is 18.1. The van der Waals surface area contributed by atoms with E-state index in [-0.39, 0.29) is 24.4 Å². The van der Waals surface area contributed by atoms with E-state index in [4.69, 9.17) is 0 Å². The highest BCUT2D eigenvalue weighted by atomic mass is 16.2. The van der Waals surface area contributed by atoms with Crippen molar-refractivity contribution in [2.75, 3.05) is 13.1 Å². The number of hydrogen-bond donors (Lipinski definition) is 3. The van der Waals surface area contributed by atoms with E-state index in [1.54, 1.807) is 6.92 Å². The van der Waals surface area contributed by atoms with Crippen molar-refractivity contribution in [3.05, 3.63) is 71.8 Å². The van der Waals surface area contributed by atoms with Crippen molar-refractivity contribution in [2.45, 2.75) is 25.9 Å². The van der Waals surface area contributed by atoms with Gasteiger partial charge in [0.05, 0.1) is 12.6 Å². The Morgan fingerprint density at radius 2 is 1.44 bits per heavy atom. The lowest BCUT2D eigenvalue weighted by molar-refractivity contribution is -0.128. The minimum Gasteiger partial charge on any atom is -0.355 e. The number of likely N-dealkylation sites (N-methyl/N-ethyl adjacent to an activating group) is 1. The van der Waals surface area contributed by atoms with E-state index in [9.17, 15) is 9.59 Å². The topological polar surface area (TPSA) is 70.2 Å². The van der Waals surface area contributed by atoms with Gasteiger partial charge in [0.25, 0.3) is 0 Å². The minimum absolute atomic E-state index is 0.0899. The van der Waals surface area contributed by atoms with Gasteiger partial charge in [-0.15, -0.1) is 0 Å². The van der Waals surface area contributed by atoms with Crippen LogP contribution in [0.25, 0.3) is 0 Å². The Bertz CT molecular complexity index is 634. The van der Waals surface area contributed by atoms with E-state index in [1.165, 1.54) is 0 Å². The van der Waals surface area contributed by atoms with Gasteiger partial charge in [-0.25, -0.2) is 0 Å². The third kappa shape index (κ3) is 5.72. The molecule has 1 atom stereocenters. The van der Waals surface area contributed by atoms with Crippen LogP contribution in [0.1, 0.15) is 31.0 Å². The first-order valence-electron chi connectivity index (χ1n) is 8.52. The van der Waals surface area contributed by atoms with E-state index in [2.05, 4.69) is 16.0 Å². The monoisotopic (exact) mass is 339 g/mol. The van der Waals surface area contributed by atoms with Crippen LogP contribution in [0.5, 0.6) is 0 Å². The van der Waals surface area contributed by atoms with Crippen molar-refractivity contribution in [1.29, 1.82) is 0 Å². The number of amides is 2. The van der Waals surface area contributed by atoms with Crippen molar-refractivity contribution in [3.63, 3.8) is 0 Å². The van der Waals surface area contributed by atoms with Crippen LogP contribution in [-0.2, 0) is 9.59 Å². The molecule has 3 N–H and O–H groups in total. The molecule has 2 aromatic rings. The molecule has 25 heavy (non-hydrogen) atoms. The van der Waals surface area contributed by atoms with Crippen LogP contribution in [0.15, 0.2) is 60.7 Å². The summed E-state index contributed by atoms with van der Waals surface area (Å²) in [5.74, 6) is -0.394. The lowest BCUT2D eigenvalue weighted by atomic mass is 9.99. The van der Waals surface area contributed by atoms with Crippen LogP contribution in [0, 0.1) is 0 Å². The molecule has 0 spiro atoms. The summed E-state index contributed by atoms with van der Waals surface area (Å²) < 4.78 is 0. The second-order valence-corrected chi connectivity index (χ2v) is 5.82. The summed E-state index contributed by atoms with van der Waals surface area (Å²) in [5.41, 5.74) is 2.16. The first-order valence-corrected chi connectivity index (χ1v) is 8.52. The molecule has 0 radical (unpaired) electrons. The van der Waals surface area contributed by atoms with Crippen molar-refractivity contribution in [1.82, 2.24) is 16.0 Å². The van der Waals surface area contributed by atoms with Crippen LogP contribution in [0.2, 0.25) is 0 Å². The molecule has 0 heterocycles. The SMILES string of the molecule is CCNC(=O)[C@H](C)NC(=O)CNC(c1ccccc1)c1ccccc1. The lowest BCUT2D eigenvalue weighted by Crippen LogP contribution is -2.47. The van der Waals surface area contributed by atoms with E-state index in [1.807, 2.05) is 67.6 Å². The quantitative estimate of drug-likeness (QED) is 0.689. The molecular formula is C20H25N3O2. The van der Waals surface area contributed by atoms with Crippen molar-refractivity contribution in [2.24, 2.45) is 0 Å². The highest BCUT2D eigenvalue weighted by Gasteiger charge is 2.17. The van der Waals surface area contributed by atoms with Crippen molar-refractivity contribution >= 4 is 11.8 Å². The largest absolute Gasteiger partial charge is 0.355 e. The molecule has 0 saturated carbocycles. The normalized spacial score (nSPS) is 11.8. The van der Waals surface area contributed by atoms with Crippen molar-refractivity contribution in [3.8, 4) is 0 Å². The zero-order valence-corrected chi connectivity index (χ0v) is 14.7. The Morgan fingerprint density at radius 1 is 0.920 bits per heavy atom. The average Bonchev–Trinajstić information content (AvgIpc) is 2.64. The molecule has 0 aliphatic rings. The number of rotatable bonds is 8. The molecule has 2 aromatic carbocycles. The van der Waals surface area contributed by atoms with Crippen LogP contribution in [-0.4, -0.2) is 30.9 Å². The second kappa shape index (κ2) is 9.59. The molecule has 0 aliphatic carbocycles. The van der Waals surface area contributed by atoms with Gasteiger partial charge in [-0.05, 0) is 25.0 Å². The van der Waals surface area contributed by atoms with Gasteiger partial charge in [0.1, 0.15) is 6.04 Å². The summed E-state index contributed by atoms with van der Waals surface area (Å²) in [7, 11) is 0. The molecular weight excluding hydrogens is 314 g/mol. The number of carbonyl (C=O) groups excluding carboxylic acids is 2. The maximum Gasteiger partial charge on any atom is 0.242 e. The summed E-state index contributed by atoms with van der Waals surface area (Å²) in [6, 6.07) is 19.3. The summed E-state index contributed by atoms with van der Waals surface area (Å²) in [6.07, 6.45) is 0. The molecule has 0 fully saturated rings. The highest BCUT2D eigenvalue weighted by Crippen LogP contribution is 2.21. The Hall–Kier alpha value is -2.66. The Morgan fingerprint density at radius 3 is 1.92 bits per heavy atom. The predicted octanol–water partition coefficient (Wildman–Crippen LogP) is 2.01. The van der Waals surface area contributed by atoms with Gasteiger partial charge < -0.3 is 10.6 Å². The fraction of sp³-hybridized carbons (Fsp3) is 0.300. The van der Waals surface area contributed by atoms with Crippen LogP contribution < -0.4 is 16.0 Å². The average molecular weight is 339 g/mol. The van der Waals surface area contributed by atoms with Crippen molar-refractivity contribution < 1.29 is 9.59 Å². The van der Waals surface area contributed by atoms with E-state index < -0.39 is 6.04 Å². The molecule has 0 bridgehead atoms. The summed E-state index contributed by atoms with van der Waals surface area (Å²) in [5, 5.41) is 8.69. The van der Waals surface area contributed by atoms with Crippen LogP contribution >= 0.6 is 0 Å². The minimum atomic E-state index is -0.554. The van der Waals surface area contributed by atoms with Crippen LogP contribution in [0.3, 0.4) is 0 Å². The number of carbonyl (C=O) groups is 2. The van der Waals surface area contributed by atoms with Gasteiger partial charge in [0.15, 0.2) is 0 Å². The second-order valence-electron chi connectivity index (χ2n) is 5.82. The fourth-order valence-corrected chi connectivity index (χ4v) is 2.60. The molecule has 0 aromatic heterocycles. The molecule has 2 amide bonds. The Labute approximate surface area is 148 Å². The maximum absolute atomic E-state index is 12.2. The fourth-order valence-electron chi connectivity index (χ4n) is 2.60. The number of hydrogen-bond acceptors (Lipinski definition) is 3. The summed E-state index contributed by atoms with van der Waals surface area (Å²) in [4.78, 5) is 23.9. The molecule has 0 unspecified atom stereocenters. The summed E-state index contributed by atoms with van der Waals surface area (Å²) >= 11 is 0. The Balaban J connectivity index is 2.01. The smallest absolute Gasteiger partial charge is 0.242 e. The Kier molecular flexibility index (Phi) is 7.16.